The summed E-state index contributed by atoms with van der Waals surface area (Å²) in [7, 11) is 0. The summed E-state index contributed by atoms with van der Waals surface area (Å²) in [5, 5.41) is 4.85. The minimum absolute atomic E-state index is 0.0270. The maximum atomic E-state index is 13.6. The Morgan fingerprint density at radius 3 is 2.64 bits per heavy atom. The topological polar surface area (TPSA) is 12.0 Å². The first kappa shape index (κ1) is 14.1. The van der Waals surface area contributed by atoms with Crippen LogP contribution in [0.4, 0.5) is 10.1 Å². The summed E-state index contributed by atoms with van der Waals surface area (Å²) < 4.78 is 13.6. The van der Waals surface area contributed by atoms with E-state index in [9.17, 15) is 4.39 Å². The SMILES string of the molecule is Fc1ccc2c(c1)C1C=CCC1C(c1c(Cl)cccc1Cl)N2. The zero-order chi connectivity index (χ0) is 15.3. The second-order valence-corrected chi connectivity index (χ2v) is 6.66. The molecule has 0 fully saturated rings. The fourth-order valence-electron chi connectivity index (χ4n) is 3.66. The first-order valence-corrected chi connectivity index (χ1v) is 8.07. The summed E-state index contributed by atoms with van der Waals surface area (Å²) in [6.07, 6.45) is 5.26. The summed E-state index contributed by atoms with van der Waals surface area (Å²) in [6.45, 7) is 0. The van der Waals surface area contributed by atoms with Crippen LogP contribution in [0, 0.1) is 11.7 Å². The molecule has 4 rings (SSSR count). The Morgan fingerprint density at radius 2 is 1.86 bits per heavy atom. The highest BCUT2D eigenvalue weighted by Gasteiger charge is 2.39. The third-order valence-electron chi connectivity index (χ3n) is 4.64. The van der Waals surface area contributed by atoms with Crippen molar-refractivity contribution in [1.82, 2.24) is 0 Å². The van der Waals surface area contributed by atoms with E-state index in [1.807, 2.05) is 18.2 Å². The Bertz CT molecular complexity index is 751. The molecule has 0 aromatic heterocycles. The minimum atomic E-state index is -0.200. The maximum absolute atomic E-state index is 13.6. The summed E-state index contributed by atoms with van der Waals surface area (Å²) in [5.74, 6) is 0.296. The van der Waals surface area contributed by atoms with Crippen molar-refractivity contribution in [3.05, 3.63) is 75.5 Å². The van der Waals surface area contributed by atoms with Gasteiger partial charge in [0, 0.05) is 27.2 Å². The van der Waals surface area contributed by atoms with Crippen molar-refractivity contribution in [3.8, 4) is 0 Å². The largest absolute Gasteiger partial charge is 0.378 e. The van der Waals surface area contributed by atoms with Gasteiger partial charge in [-0.05, 0) is 48.2 Å². The van der Waals surface area contributed by atoms with Gasteiger partial charge in [0.15, 0.2) is 0 Å². The second kappa shape index (κ2) is 5.29. The number of fused-ring (bicyclic) bond motifs is 3. The van der Waals surface area contributed by atoms with Crippen LogP contribution in [0.25, 0.3) is 0 Å². The highest BCUT2D eigenvalue weighted by atomic mass is 35.5. The fraction of sp³-hybridized carbons (Fsp3) is 0.222. The zero-order valence-corrected chi connectivity index (χ0v) is 13.2. The molecule has 3 unspecified atom stereocenters. The Morgan fingerprint density at radius 1 is 1.09 bits per heavy atom. The summed E-state index contributed by atoms with van der Waals surface area (Å²) >= 11 is 12.8. The average molecular weight is 334 g/mol. The van der Waals surface area contributed by atoms with E-state index in [1.54, 1.807) is 12.1 Å². The maximum Gasteiger partial charge on any atom is 0.123 e. The zero-order valence-electron chi connectivity index (χ0n) is 11.7. The molecule has 4 heteroatoms. The molecule has 0 saturated carbocycles. The standard InChI is InChI=1S/C18H14Cl2FN/c19-14-5-2-6-15(20)17(14)18-12-4-1-3-11(12)13-9-10(21)7-8-16(13)22-18/h1-3,5-9,11-12,18,22H,4H2. The summed E-state index contributed by atoms with van der Waals surface area (Å²) in [6, 6.07) is 10.5. The molecule has 2 aromatic carbocycles. The molecule has 112 valence electrons. The van der Waals surface area contributed by atoms with Crippen molar-refractivity contribution in [2.75, 3.05) is 5.32 Å². The fourth-order valence-corrected chi connectivity index (χ4v) is 4.29. The molecule has 2 aliphatic rings. The van der Waals surface area contributed by atoms with Crippen molar-refractivity contribution >= 4 is 28.9 Å². The molecule has 22 heavy (non-hydrogen) atoms. The van der Waals surface area contributed by atoms with Crippen LogP contribution in [0.2, 0.25) is 10.0 Å². The van der Waals surface area contributed by atoms with Crippen molar-refractivity contribution < 1.29 is 4.39 Å². The van der Waals surface area contributed by atoms with E-state index >= 15 is 0 Å². The highest BCUT2D eigenvalue weighted by molar-refractivity contribution is 6.36. The van der Waals surface area contributed by atoms with E-state index in [-0.39, 0.29) is 17.8 Å². The van der Waals surface area contributed by atoms with Gasteiger partial charge in [-0.15, -0.1) is 0 Å². The van der Waals surface area contributed by atoms with Gasteiger partial charge in [-0.25, -0.2) is 4.39 Å². The number of rotatable bonds is 1. The summed E-state index contributed by atoms with van der Waals surface area (Å²) in [4.78, 5) is 0. The lowest BCUT2D eigenvalue weighted by molar-refractivity contribution is 0.424. The number of anilines is 1. The molecule has 0 amide bonds. The Balaban J connectivity index is 1.85. The van der Waals surface area contributed by atoms with Gasteiger partial charge in [-0.1, -0.05) is 41.4 Å². The van der Waals surface area contributed by atoms with Crippen LogP contribution >= 0.6 is 23.2 Å². The molecule has 0 radical (unpaired) electrons. The average Bonchev–Trinajstić information content (AvgIpc) is 2.97. The number of hydrogen-bond acceptors (Lipinski definition) is 1. The van der Waals surface area contributed by atoms with E-state index < -0.39 is 0 Å². The van der Waals surface area contributed by atoms with Crippen LogP contribution in [0.5, 0.6) is 0 Å². The van der Waals surface area contributed by atoms with Crippen LogP contribution in [0.3, 0.4) is 0 Å². The third-order valence-corrected chi connectivity index (χ3v) is 5.29. The lowest BCUT2D eigenvalue weighted by Gasteiger charge is -2.38. The number of allylic oxidation sites excluding steroid dienone is 2. The predicted molar refractivity (Wildman–Crippen MR) is 89.2 cm³/mol. The Labute approximate surface area is 138 Å². The van der Waals surface area contributed by atoms with Gasteiger partial charge < -0.3 is 5.32 Å². The van der Waals surface area contributed by atoms with E-state index in [1.165, 1.54) is 6.07 Å². The molecule has 1 heterocycles. The molecular weight excluding hydrogens is 320 g/mol. The van der Waals surface area contributed by atoms with Crippen molar-refractivity contribution in [2.24, 2.45) is 5.92 Å². The lowest BCUT2D eigenvalue weighted by Crippen LogP contribution is -2.29. The van der Waals surface area contributed by atoms with Gasteiger partial charge >= 0.3 is 0 Å². The molecule has 1 nitrogen and oxygen atoms in total. The second-order valence-electron chi connectivity index (χ2n) is 5.84. The van der Waals surface area contributed by atoms with Crippen LogP contribution in [0.1, 0.15) is 29.5 Å². The van der Waals surface area contributed by atoms with Gasteiger partial charge in [-0.3, -0.25) is 0 Å². The van der Waals surface area contributed by atoms with E-state index in [4.69, 9.17) is 23.2 Å². The molecule has 1 aliphatic heterocycles. The van der Waals surface area contributed by atoms with Gasteiger partial charge in [0.05, 0.1) is 6.04 Å². The summed E-state index contributed by atoms with van der Waals surface area (Å²) in [5.41, 5.74) is 2.90. The monoisotopic (exact) mass is 333 g/mol. The van der Waals surface area contributed by atoms with Crippen molar-refractivity contribution in [2.45, 2.75) is 18.4 Å². The van der Waals surface area contributed by atoms with Gasteiger partial charge in [0.2, 0.25) is 0 Å². The van der Waals surface area contributed by atoms with Crippen LogP contribution in [-0.4, -0.2) is 0 Å². The quantitative estimate of drug-likeness (QED) is 0.635. The predicted octanol–water partition coefficient (Wildman–Crippen LogP) is 5.96. The van der Waals surface area contributed by atoms with E-state index in [0.717, 1.165) is 23.2 Å². The first-order valence-electron chi connectivity index (χ1n) is 7.31. The Kier molecular flexibility index (Phi) is 3.39. The number of benzene rings is 2. The molecule has 0 bridgehead atoms. The van der Waals surface area contributed by atoms with Crippen molar-refractivity contribution in [1.29, 1.82) is 0 Å². The number of hydrogen-bond donors (Lipinski definition) is 1. The molecule has 2 aromatic rings. The Hall–Kier alpha value is -1.51. The molecule has 0 spiro atoms. The molecule has 0 saturated heterocycles. The smallest absolute Gasteiger partial charge is 0.123 e. The van der Waals surface area contributed by atoms with Crippen LogP contribution < -0.4 is 5.32 Å². The minimum Gasteiger partial charge on any atom is -0.378 e. The van der Waals surface area contributed by atoms with Crippen molar-refractivity contribution in [3.63, 3.8) is 0 Å². The van der Waals surface area contributed by atoms with Crippen LogP contribution in [-0.2, 0) is 0 Å². The third kappa shape index (κ3) is 2.13. The first-order chi connectivity index (χ1) is 10.6. The van der Waals surface area contributed by atoms with Crippen LogP contribution in [0.15, 0.2) is 48.6 Å². The number of halogens is 3. The van der Waals surface area contributed by atoms with Gasteiger partial charge in [0.1, 0.15) is 5.82 Å². The molecule has 1 N–H and O–H groups in total. The normalized spacial score (nSPS) is 25.5. The van der Waals surface area contributed by atoms with E-state index in [2.05, 4.69) is 17.5 Å². The molecule has 1 aliphatic carbocycles. The molecular formula is C18H14Cl2FN. The lowest BCUT2D eigenvalue weighted by atomic mass is 9.77. The number of nitrogens with one attached hydrogen (secondary N) is 1. The van der Waals surface area contributed by atoms with Gasteiger partial charge in [-0.2, -0.15) is 0 Å². The molecule has 3 atom stereocenters. The van der Waals surface area contributed by atoms with Gasteiger partial charge in [0.25, 0.3) is 0 Å². The van der Waals surface area contributed by atoms with E-state index in [0.29, 0.717) is 16.0 Å². The highest BCUT2D eigenvalue weighted by Crippen LogP contribution is 2.51.